The topological polar surface area (TPSA) is 47.5 Å². The molecule has 158 valence electrons. The predicted octanol–water partition coefficient (Wildman–Crippen LogP) is 4.53. The maximum absolute atomic E-state index is 13.6. The third-order valence-electron chi connectivity index (χ3n) is 6.30. The minimum atomic E-state index is -0.143. The minimum Gasteiger partial charge on any atom is -0.462 e. The third-order valence-corrected chi connectivity index (χ3v) is 7.28. The van der Waals surface area contributed by atoms with Gasteiger partial charge >= 0.3 is 0 Å². The average Bonchev–Trinajstić information content (AvgIpc) is 3.35. The summed E-state index contributed by atoms with van der Waals surface area (Å²) in [4.78, 5) is 19.4. The van der Waals surface area contributed by atoms with Crippen LogP contribution in [0.5, 0.6) is 0 Å². The summed E-state index contributed by atoms with van der Waals surface area (Å²) in [6.07, 6.45) is 3.69. The second kappa shape index (κ2) is 7.31. The molecule has 2 aliphatic rings. The molecule has 2 aromatic heterocycles. The molecule has 4 nitrogen and oxygen atoms in total. The smallest absolute Gasteiger partial charge is 0.271 e. The van der Waals surface area contributed by atoms with Crippen molar-refractivity contribution < 1.29 is 4.42 Å². The Kier molecular flexibility index (Phi) is 4.40. The van der Waals surface area contributed by atoms with Gasteiger partial charge < -0.3 is 4.42 Å². The Morgan fingerprint density at radius 3 is 2.62 bits per heavy atom. The maximum Gasteiger partial charge on any atom is 0.271 e. The van der Waals surface area contributed by atoms with Gasteiger partial charge in [0.1, 0.15) is 11.5 Å². The largest absolute Gasteiger partial charge is 0.462 e. The van der Waals surface area contributed by atoms with Crippen molar-refractivity contribution in [3.63, 3.8) is 0 Å². The van der Waals surface area contributed by atoms with Crippen LogP contribution >= 0.6 is 11.3 Å². The number of hydrogen-bond donors (Lipinski definition) is 0. The van der Waals surface area contributed by atoms with E-state index in [0.717, 1.165) is 34.7 Å². The van der Waals surface area contributed by atoms with Crippen LogP contribution in [0.2, 0.25) is 0 Å². The van der Waals surface area contributed by atoms with E-state index in [1.54, 1.807) is 0 Å². The Morgan fingerprint density at radius 1 is 1.03 bits per heavy atom. The summed E-state index contributed by atoms with van der Waals surface area (Å²) >= 11 is 1.43. The van der Waals surface area contributed by atoms with Crippen molar-refractivity contribution in [2.75, 3.05) is 0 Å². The summed E-state index contributed by atoms with van der Waals surface area (Å²) in [5.74, 6) is 1.52. The molecule has 0 radical (unpaired) electrons. The van der Waals surface area contributed by atoms with Gasteiger partial charge in [-0.2, -0.15) is 0 Å². The van der Waals surface area contributed by atoms with Crippen LogP contribution < -0.4 is 14.9 Å². The number of hydrogen-bond acceptors (Lipinski definition) is 4. The summed E-state index contributed by atoms with van der Waals surface area (Å²) in [6, 6.07) is 20.7. The molecule has 0 spiro atoms. The molecule has 1 aliphatic carbocycles. The van der Waals surface area contributed by atoms with Crippen LogP contribution in [0.15, 0.2) is 80.4 Å². The number of furan rings is 1. The van der Waals surface area contributed by atoms with Gasteiger partial charge in [-0.15, -0.1) is 0 Å². The van der Waals surface area contributed by atoms with Crippen LogP contribution in [0, 0.1) is 13.8 Å². The van der Waals surface area contributed by atoms with Gasteiger partial charge in [0.2, 0.25) is 0 Å². The van der Waals surface area contributed by atoms with Crippen LogP contribution in [-0.4, -0.2) is 4.57 Å². The van der Waals surface area contributed by atoms with Crippen molar-refractivity contribution in [2.24, 2.45) is 4.99 Å². The molecule has 1 atom stereocenters. The van der Waals surface area contributed by atoms with Crippen LogP contribution in [0.4, 0.5) is 0 Å². The molecule has 0 N–H and O–H groups in total. The molecule has 5 heteroatoms. The van der Waals surface area contributed by atoms with Crippen molar-refractivity contribution >= 4 is 23.1 Å². The number of fused-ring (bicyclic) bond motifs is 3. The highest BCUT2D eigenvalue weighted by molar-refractivity contribution is 7.07. The van der Waals surface area contributed by atoms with Crippen molar-refractivity contribution in [1.82, 2.24) is 4.57 Å². The van der Waals surface area contributed by atoms with Crippen molar-refractivity contribution in [2.45, 2.75) is 32.7 Å². The monoisotopic (exact) mass is 438 g/mol. The number of rotatable bonds is 2. The lowest BCUT2D eigenvalue weighted by molar-refractivity contribution is 0.524. The average molecular weight is 439 g/mol. The summed E-state index contributed by atoms with van der Waals surface area (Å²) in [5, 5.41) is 0. The first-order chi connectivity index (χ1) is 15.6. The highest BCUT2D eigenvalue weighted by Crippen LogP contribution is 2.41. The Balaban J connectivity index is 1.64. The summed E-state index contributed by atoms with van der Waals surface area (Å²) in [6.45, 7) is 3.99. The highest BCUT2D eigenvalue weighted by Gasteiger charge is 2.32. The number of allylic oxidation sites excluding steroid dienone is 1. The van der Waals surface area contributed by atoms with E-state index >= 15 is 0 Å². The fraction of sp³-hybridized carbons (Fsp3) is 0.185. The van der Waals surface area contributed by atoms with Gasteiger partial charge in [0, 0.05) is 11.6 Å². The SMILES string of the molecule is Cc1ccc([C@H]2C3=C(N=c4s/c(=C/c5ccc(C)o5)c(=O)n42)c2ccccc2CC3)cc1. The van der Waals surface area contributed by atoms with Crippen LogP contribution in [-0.2, 0) is 6.42 Å². The lowest BCUT2D eigenvalue weighted by atomic mass is 9.83. The summed E-state index contributed by atoms with van der Waals surface area (Å²) < 4.78 is 8.22. The Morgan fingerprint density at radius 2 is 1.84 bits per heavy atom. The molecule has 0 saturated carbocycles. The van der Waals surface area contributed by atoms with Crippen LogP contribution in [0.1, 0.15) is 46.2 Å². The molecule has 4 aromatic rings. The number of aryl methyl sites for hydroxylation is 3. The number of nitrogens with zero attached hydrogens (tertiary/aromatic N) is 2. The Labute approximate surface area is 189 Å². The standard InChI is InChI=1S/C27H22N2O2S/c1-16-7-10-19(11-8-16)25-22-14-12-18-5-3-4-6-21(18)24(22)28-27-29(25)26(30)23(32-27)15-20-13-9-17(2)31-20/h3-11,13,15,25H,12,14H2,1-2H3/b23-15+/t25-/m0/s1. The first-order valence-electron chi connectivity index (χ1n) is 10.8. The molecule has 1 aliphatic heterocycles. The van der Waals surface area contributed by atoms with E-state index in [4.69, 9.17) is 9.41 Å². The van der Waals surface area contributed by atoms with Crippen molar-refractivity contribution in [3.05, 3.63) is 120 Å². The summed E-state index contributed by atoms with van der Waals surface area (Å²) in [7, 11) is 0. The molecule has 0 bridgehead atoms. The Bertz CT molecular complexity index is 1560. The minimum absolute atomic E-state index is 0.0150. The molecule has 0 fully saturated rings. The summed E-state index contributed by atoms with van der Waals surface area (Å²) in [5.41, 5.74) is 7.07. The van der Waals surface area contributed by atoms with Crippen molar-refractivity contribution in [3.8, 4) is 0 Å². The third kappa shape index (κ3) is 3.04. The fourth-order valence-corrected chi connectivity index (χ4v) is 5.71. The van der Waals surface area contributed by atoms with E-state index in [2.05, 4.69) is 55.5 Å². The van der Waals surface area contributed by atoms with Gasteiger partial charge in [-0.3, -0.25) is 9.36 Å². The highest BCUT2D eigenvalue weighted by atomic mass is 32.1. The zero-order valence-corrected chi connectivity index (χ0v) is 18.8. The molecule has 3 heterocycles. The van der Waals surface area contributed by atoms with Crippen molar-refractivity contribution in [1.29, 1.82) is 0 Å². The van der Waals surface area contributed by atoms with E-state index in [9.17, 15) is 4.79 Å². The second-order valence-electron chi connectivity index (χ2n) is 8.47. The van der Waals surface area contributed by atoms with E-state index < -0.39 is 0 Å². The first kappa shape index (κ1) is 19.3. The van der Waals surface area contributed by atoms with Gasteiger partial charge in [-0.1, -0.05) is 65.4 Å². The molecule has 0 amide bonds. The maximum atomic E-state index is 13.6. The van der Waals surface area contributed by atoms with Crippen LogP contribution in [0.25, 0.3) is 11.8 Å². The van der Waals surface area contributed by atoms with E-state index in [0.29, 0.717) is 10.3 Å². The van der Waals surface area contributed by atoms with Gasteiger partial charge in [-0.25, -0.2) is 4.99 Å². The molecular weight excluding hydrogens is 416 g/mol. The predicted molar refractivity (Wildman–Crippen MR) is 127 cm³/mol. The zero-order valence-electron chi connectivity index (χ0n) is 18.0. The lowest BCUT2D eigenvalue weighted by Crippen LogP contribution is -2.38. The number of aromatic nitrogens is 1. The van der Waals surface area contributed by atoms with Gasteiger partial charge in [0.25, 0.3) is 5.56 Å². The van der Waals surface area contributed by atoms with E-state index in [1.165, 1.54) is 33.6 Å². The number of benzene rings is 2. The molecular formula is C27H22N2O2S. The first-order valence-corrected chi connectivity index (χ1v) is 11.7. The van der Waals surface area contributed by atoms with Gasteiger partial charge in [-0.05, 0) is 55.5 Å². The molecule has 6 rings (SSSR count). The second-order valence-corrected chi connectivity index (χ2v) is 9.48. The number of thiazole rings is 1. The van der Waals surface area contributed by atoms with Gasteiger partial charge in [0.05, 0.1) is 16.3 Å². The van der Waals surface area contributed by atoms with Crippen LogP contribution in [0.3, 0.4) is 0 Å². The normalized spacial score (nSPS) is 17.6. The van der Waals surface area contributed by atoms with E-state index in [-0.39, 0.29) is 11.6 Å². The van der Waals surface area contributed by atoms with E-state index in [1.807, 2.05) is 29.7 Å². The molecule has 32 heavy (non-hydrogen) atoms. The fourth-order valence-electron chi connectivity index (χ4n) is 4.73. The molecule has 2 aromatic carbocycles. The lowest BCUT2D eigenvalue weighted by Gasteiger charge is -2.30. The quantitative estimate of drug-likeness (QED) is 0.462. The molecule has 0 unspecified atom stereocenters. The van der Waals surface area contributed by atoms with Gasteiger partial charge in [0.15, 0.2) is 4.80 Å². The Hall–Kier alpha value is -3.44. The molecule has 0 saturated heterocycles. The zero-order chi connectivity index (χ0) is 21.8.